The molecule has 0 aromatic heterocycles. The minimum atomic E-state index is -0.304. The van der Waals surface area contributed by atoms with Gasteiger partial charge in [0.25, 0.3) is 0 Å². The SMILES string of the molecule is CCNC(Cc1cc(F)ccc1Cl)c1cc(Cl)ccc1Cl. The van der Waals surface area contributed by atoms with Crippen molar-refractivity contribution >= 4 is 34.8 Å². The molecule has 0 radical (unpaired) electrons. The van der Waals surface area contributed by atoms with Crippen LogP contribution in [0, 0.1) is 5.82 Å². The Morgan fingerprint density at radius 3 is 2.48 bits per heavy atom. The molecule has 2 aromatic rings. The Hall–Kier alpha value is -0.800. The standard InChI is InChI=1S/C16H15Cl3FN/c1-2-21-16(13-9-11(17)3-5-15(13)19)8-10-7-12(20)4-6-14(10)18/h3-7,9,16,21H,2,8H2,1H3. The normalized spacial score (nSPS) is 12.4. The van der Waals surface area contributed by atoms with Crippen LogP contribution in [0.25, 0.3) is 0 Å². The molecule has 2 rings (SSSR count). The number of nitrogens with one attached hydrogen (secondary N) is 1. The van der Waals surface area contributed by atoms with Gasteiger partial charge in [0, 0.05) is 21.1 Å². The molecule has 0 saturated carbocycles. The second-order valence-corrected chi connectivity index (χ2v) is 5.97. The van der Waals surface area contributed by atoms with Crippen molar-refractivity contribution in [1.29, 1.82) is 0 Å². The summed E-state index contributed by atoms with van der Waals surface area (Å²) in [5, 5.41) is 5.11. The molecule has 0 aliphatic carbocycles. The van der Waals surface area contributed by atoms with Crippen LogP contribution in [0.5, 0.6) is 0 Å². The first-order valence-corrected chi connectivity index (χ1v) is 7.77. The fraction of sp³-hybridized carbons (Fsp3) is 0.250. The first-order chi connectivity index (χ1) is 10.0. The van der Waals surface area contributed by atoms with Gasteiger partial charge in [0.1, 0.15) is 5.82 Å². The minimum Gasteiger partial charge on any atom is -0.310 e. The molecule has 1 N–H and O–H groups in total. The van der Waals surface area contributed by atoms with E-state index in [4.69, 9.17) is 34.8 Å². The number of benzene rings is 2. The summed E-state index contributed by atoms with van der Waals surface area (Å²) in [5.41, 5.74) is 1.62. The number of likely N-dealkylation sites (N-methyl/N-ethyl adjacent to an activating group) is 1. The van der Waals surface area contributed by atoms with E-state index >= 15 is 0 Å². The third kappa shape index (κ3) is 4.33. The molecule has 0 bridgehead atoms. The first-order valence-electron chi connectivity index (χ1n) is 6.63. The van der Waals surface area contributed by atoms with Crippen LogP contribution in [0.3, 0.4) is 0 Å². The van der Waals surface area contributed by atoms with Crippen LogP contribution in [0.1, 0.15) is 24.1 Å². The van der Waals surface area contributed by atoms with E-state index in [1.54, 1.807) is 18.2 Å². The van der Waals surface area contributed by atoms with Crippen molar-refractivity contribution < 1.29 is 4.39 Å². The molecule has 0 fully saturated rings. The molecule has 5 heteroatoms. The molecule has 0 aliphatic heterocycles. The number of rotatable bonds is 5. The van der Waals surface area contributed by atoms with Gasteiger partial charge in [-0.05, 0) is 60.5 Å². The molecular weight excluding hydrogens is 332 g/mol. The van der Waals surface area contributed by atoms with Gasteiger partial charge in [-0.2, -0.15) is 0 Å². The van der Waals surface area contributed by atoms with Crippen molar-refractivity contribution in [2.75, 3.05) is 6.54 Å². The molecule has 0 spiro atoms. The third-order valence-electron chi connectivity index (χ3n) is 3.22. The maximum Gasteiger partial charge on any atom is 0.123 e. The Kier molecular flexibility index (Phi) is 5.88. The van der Waals surface area contributed by atoms with Gasteiger partial charge < -0.3 is 5.32 Å². The summed E-state index contributed by atoms with van der Waals surface area (Å²) in [4.78, 5) is 0. The van der Waals surface area contributed by atoms with E-state index < -0.39 is 0 Å². The number of hydrogen-bond acceptors (Lipinski definition) is 1. The van der Waals surface area contributed by atoms with E-state index in [9.17, 15) is 4.39 Å². The summed E-state index contributed by atoms with van der Waals surface area (Å²) in [6, 6.07) is 9.60. The molecule has 0 amide bonds. The molecule has 0 heterocycles. The predicted molar refractivity (Wildman–Crippen MR) is 88.0 cm³/mol. The van der Waals surface area contributed by atoms with Gasteiger partial charge in [0.2, 0.25) is 0 Å². The Bertz CT molecular complexity index is 631. The lowest BCUT2D eigenvalue weighted by atomic mass is 9.98. The van der Waals surface area contributed by atoms with E-state index in [2.05, 4.69) is 5.32 Å². The van der Waals surface area contributed by atoms with E-state index in [0.29, 0.717) is 21.5 Å². The summed E-state index contributed by atoms with van der Waals surface area (Å²) < 4.78 is 13.4. The first kappa shape index (κ1) is 16.6. The highest BCUT2D eigenvalue weighted by atomic mass is 35.5. The van der Waals surface area contributed by atoms with E-state index in [1.807, 2.05) is 13.0 Å². The maximum atomic E-state index is 13.4. The third-order valence-corrected chi connectivity index (χ3v) is 4.16. The predicted octanol–water partition coefficient (Wildman–Crippen LogP) is 5.68. The second-order valence-electron chi connectivity index (χ2n) is 4.72. The maximum absolute atomic E-state index is 13.4. The van der Waals surface area contributed by atoms with Crippen molar-refractivity contribution in [3.8, 4) is 0 Å². The highest BCUT2D eigenvalue weighted by Crippen LogP contribution is 2.30. The zero-order valence-electron chi connectivity index (χ0n) is 11.5. The molecule has 1 nitrogen and oxygen atoms in total. The van der Waals surface area contributed by atoms with Crippen LogP contribution in [0.4, 0.5) is 4.39 Å². The number of hydrogen-bond donors (Lipinski definition) is 1. The molecular formula is C16H15Cl3FN. The van der Waals surface area contributed by atoms with Gasteiger partial charge >= 0.3 is 0 Å². The highest BCUT2D eigenvalue weighted by molar-refractivity contribution is 6.33. The Morgan fingerprint density at radius 2 is 1.76 bits per heavy atom. The van der Waals surface area contributed by atoms with E-state index in [-0.39, 0.29) is 11.9 Å². The molecule has 0 saturated heterocycles. The highest BCUT2D eigenvalue weighted by Gasteiger charge is 2.17. The van der Waals surface area contributed by atoms with Gasteiger partial charge in [-0.3, -0.25) is 0 Å². The molecule has 112 valence electrons. The molecule has 2 aromatic carbocycles. The molecule has 1 atom stereocenters. The molecule has 0 aliphatic rings. The van der Waals surface area contributed by atoms with Crippen LogP contribution >= 0.6 is 34.8 Å². The fourth-order valence-electron chi connectivity index (χ4n) is 2.24. The quantitative estimate of drug-likeness (QED) is 0.734. The summed E-state index contributed by atoms with van der Waals surface area (Å²) in [7, 11) is 0. The lowest BCUT2D eigenvalue weighted by Crippen LogP contribution is -2.23. The van der Waals surface area contributed by atoms with Gasteiger partial charge in [0.15, 0.2) is 0 Å². The zero-order valence-corrected chi connectivity index (χ0v) is 13.7. The van der Waals surface area contributed by atoms with Crippen molar-refractivity contribution in [1.82, 2.24) is 5.32 Å². The van der Waals surface area contributed by atoms with Gasteiger partial charge in [-0.25, -0.2) is 4.39 Å². The van der Waals surface area contributed by atoms with Gasteiger partial charge in [-0.15, -0.1) is 0 Å². The average molecular weight is 347 g/mol. The lowest BCUT2D eigenvalue weighted by Gasteiger charge is -2.20. The van der Waals surface area contributed by atoms with Crippen molar-refractivity contribution in [2.45, 2.75) is 19.4 Å². The van der Waals surface area contributed by atoms with Crippen molar-refractivity contribution in [3.05, 3.63) is 68.4 Å². The molecule has 21 heavy (non-hydrogen) atoms. The van der Waals surface area contributed by atoms with E-state index in [1.165, 1.54) is 12.1 Å². The van der Waals surface area contributed by atoms with Crippen LogP contribution < -0.4 is 5.32 Å². The fourth-order valence-corrected chi connectivity index (χ4v) is 2.86. The lowest BCUT2D eigenvalue weighted by molar-refractivity contribution is 0.547. The van der Waals surface area contributed by atoms with Crippen molar-refractivity contribution in [2.24, 2.45) is 0 Å². The molecule has 1 unspecified atom stereocenters. The smallest absolute Gasteiger partial charge is 0.123 e. The summed E-state index contributed by atoms with van der Waals surface area (Å²) in [5.74, 6) is -0.304. The van der Waals surface area contributed by atoms with Crippen LogP contribution in [-0.4, -0.2) is 6.54 Å². The van der Waals surface area contributed by atoms with Crippen LogP contribution in [-0.2, 0) is 6.42 Å². The van der Waals surface area contributed by atoms with Crippen molar-refractivity contribution in [3.63, 3.8) is 0 Å². The Labute approximate surface area is 139 Å². The zero-order chi connectivity index (χ0) is 15.4. The van der Waals surface area contributed by atoms with Gasteiger partial charge in [0.05, 0.1) is 0 Å². The van der Waals surface area contributed by atoms with Gasteiger partial charge in [-0.1, -0.05) is 41.7 Å². The summed E-state index contributed by atoms with van der Waals surface area (Å²) in [6.45, 7) is 2.75. The number of halogens is 4. The summed E-state index contributed by atoms with van der Waals surface area (Å²) in [6.07, 6.45) is 0.532. The summed E-state index contributed by atoms with van der Waals surface area (Å²) >= 11 is 18.5. The minimum absolute atomic E-state index is 0.0829. The largest absolute Gasteiger partial charge is 0.310 e. The average Bonchev–Trinajstić information content (AvgIpc) is 2.45. The Morgan fingerprint density at radius 1 is 1.05 bits per heavy atom. The van der Waals surface area contributed by atoms with Crippen LogP contribution in [0.15, 0.2) is 36.4 Å². The van der Waals surface area contributed by atoms with E-state index in [0.717, 1.165) is 17.7 Å². The monoisotopic (exact) mass is 345 g/mol. The second kappa shape index (κ2) is 7.46. The topological polar surface area (TPSA) is 12.0 Å². The van der Waals surface area contributed by atoms with Crippen LogP contribution in [0.2, 0.25) is 15.1 Å². The Balaban J connectivity index is 2.35.